The van der Waals surface area contributed by atoms with Crippen molar-refractivity contribution in [1.82, 2.24) is 29.7 Å². The van der Waals surface area contributed by atoms with Crippen LogP contribution in [-0.2, 0) is 11.2 Å². The summed E-state index contributed by atoms with van der Waals surface area (Å²) in [5, 5.41) is 14.3. The molecule has 11 nitrogen and oxygen atoms in total. The van der Waals surface area contributed by atoms with Gasteiger partial charge in [-0.25, -0.2) is 14.3 Å². The molecule has 186 valence electrons. The maximum absolute atomic E-state index is 12.9. The number of nitrogens with zero attached hydrogens (tertiary/aromatic N) is 6. The fourth-order valence-corrected chi connectivity index (χ4v) is 4.70. The van der Waals surface area contributed by atoms with Crippen LogP contribution in [0.3, 0.4) is 0 Å². The summed E-state index contributed by atoms with van der Waals surface area (Å²) < 4.78 is 7.14. The van der Waals surface area contributed by atoms with Crippen LogP contribution in [0.15, 0.2) is 35.2 Å². The number of hydrogen-bond acceptors (Lipinski definition) is 8. The fraction of sp³-hybridized carbons (Fsp3) is 0.400. The summed E-state index contributed by atoms with van der Waals surface area (Å²) in [5.41, 5.74) is 4.34. The summed E-state index contributed by atoms with van der Waals surface area (Å²) in [4.78, 5) is 36.6. The van der Waals surface area contributed by atoms with Crippen LogP contribution in [0.1, 0.15) is 68.0 Å². The van der Waals surface area contributed by atoms with E-state index < -0.39 is 0 Å². The first-order valence-electron chi connectivity index (χ1n) is 12.3. The predicted molar refractivity (Wildman–Crippen MR) is 133 cm³/mol. The zero-order valence-corrected chi connectivity index (χ0v) is 20.1. The number of amides is 2. The molecule has 0 bridgehead atoms. The van der Waals surface area contributed by atoms with Gasteiger partial charge in [0.05, 0.1) is 35.7 Å². The number of carbonyl (C=O) groups is 2. The number of hydrogen-bond donors (Lipinski definition) is 2. The number of aromatic nitrogens is 6. The van der Waals surface area contributed by atoms with E-state index in [0.717, 1.165) is 48.9 Å². The molecule has 0 spiro atoms. The van der Waals surface area contributed by atoms with Crippen LogP contribution in [0.4, 0.5) is 16.2 Å². The average Bonchev–Trinajstić information content (AvgIpc) is 3.64. The number of rotatable bonds is 9. The van der Waals surface area contributed by atoms with Crippen molar-refractivity contribution in [2.75, 3.05) is 10.6 Å². The van der Waals surface area contributed by atoms with Gasteiger partial charge in [0.25, 0.3) is 0 Å². The number of pyridine rings is 1. The second-order valence-corrected chi connectivity index (χ2v) is 9.03. The lowest BCUT2D eigenvalue weighted by atomic mass is 10.0. The summed E-state index contributed by atoms with van der Waals surface area (Å²) in [5.74, 6) is 1.24. The van der Waals surface area contributed by atoms with E-state index in [1.54, 1.807) is 18.6 Å². The second-order valence-electron chi connectivity index (χ2n) is 9.03. The van der Waals surface area contributed by atoms with E-state index >= 15 is 0 Å². The third kappa shape index (κ3) is 5.09. The minimum Gasteiger partial charge on any atom is -0.339 e. The smallest absolute Gasteiger partial charge is 0.323 e. The third-order valence-corrected chi connectivity index (χ3v) is 6.42. The van der Waals surface area contributed by atoms with Crippen LogP contribution in [0.25, 0.3) is 17.2 Å². The monoisotopic (exact) mass is 488 g/mol. The molecule has 0 unspecified atom stereocenters. The molecule has 0 radical (unpaired) electrons. The van der Waals surface area contributed by atoms with E-state index in [-0.39, 0.29) is 6.03 Å². The van der Waals surface area contributed by atoms with Crippen molar-refractivity contribution >= 4 is 29.3 Å². The molecule has 0 saturated heterocycles. The van der Waals surface area contributed by atoms with Crippen molar-refractivity contribution in [3.63, 3.8) is 0 Å². The highest BCUT2D eigenvalue weighted by Crippen LogP contribution is 2.37. The lowest BCUT2D eigenvalue weighted by Gasteiger charge is -2.17. The van der Waals surface area contributed by atoms with Gasteiger partial charge in [-0.1, -0.05) is 18.0 Å². The molecule has 2 amide bonds. The highest BCUT2D eigenvalue weighted by Gasteiger charge is 2.24. The molecule has 5 rings (SSSR count). The Balaban J connectivity index is 1.27. The van der Waals surface area contributed by atoms with Crippen molar-refractivity contribution in [2.24, 2.45) is 0 Å². The molecule has 4 aromatic heterocycles. The summed E-state index contributed by atoms with van der Waals surface area (Å²) in [6.45, 7) is 1.87. The Morgan fingerprint density at radius 2 is 2.06 bits per heavy atom. The van der Waals surface area contributed by atoms with Gasteiger partial charge in [-0.05, 0) is 44.2 Å². The van der Waals surface area contributed by atoms with Crippen LogP contribution in [0.2, 0.25) is 0 Å². The van der Waals surface area contributed by atoms with Crippen LogP contribution < -0.4 is 10.6 Å². The van der Waals surface area contributed by atoms with Crippen LogP contribution in [-0.4, -0.2) is 42.0 Å². The zero-order valence-electron chi connectivity index (χ0n) is 20.1. The van der Waals surface area contributed by atoms with E-state index in [4.69, 9.17) is 4.52 Å². The summed E-state index contributed by atoms with van der Waals surface area (Å²) >= 11 is 0. The average molecular weight is 489 g/mol. The first kappa shape index (κ1) is 23.6. The molecule has 36 heavy (non-hydrogen) atoms. The first-order valence-corrected chi connectivity index (χ1v) is 12.3. The number of nitrogens with one attached hydrogen (secondary N) is 2. The van der Waals surface area contributed by atoms with E-state index in [1.165, 1.54) is 12.8 Å². The van der Waals surface area contributed by atoms with Gasteiger partial charge in [0, 0.05) is 24.8 Å². The molecular formula is C25H28N8O3. The molecule has 1 aliphatic carbocycles. The predicted octanol–water partition coefficient (Wildman–Crippen LogP) is 4.70. The Kier molecular flexibility index (Phi) is 6.96. The molecule has 2 N–H and O–H groups in total. The number of aldehydes is 1. The Bertz CT molecular complexity index is 1370. The molecule has 1 aliphatic rings. The van der Waals surface area contributed by atoms with E-state index in [1.807, 2.05) is 23.6 Å². The van der Waals surface area contributed by atoms with Crippen molar-refractivity contribution in [3.05, 3.63) is 47.9 Å². The molecule has 0 aliphatic heterocycles. The van der Waals surface area contributed by atoms with E-state index in [0.29, 0.717) is 47.5 Å². The van der Waals surface area contributed by atoms with Crippen LogP contribution >= 0.6 is 0 Å². The Labute approximate surface area is 207 Å². The molecule has 4 heterocycles. The number of fused-ring (bicyclic) bond motifs is 1. The van der Waals surface area contributed by atoms with E-state index in [2.05, 4.69) is 35.8 Å². The van der Waals surface area contributed by atoms with Gasteiger partial charge in [-0.15, -0.1) is 0 Å². The van der Waals surface area contributed by atoms with Crippen molar-refractivity contribution in [3.8, 4) is 11.5 Å². The standard InChI is InChI=1S/C25H28N8O3/c1-16-13-18(14-27-22(16)24-31-21(36-32-24)9-3-2-6-12-34)29-25(35)30-19-15-26-20-10-11-28-33(20)23(19)17-7-4-5-8-17/h10-15,17H,2-9H2,1H3,(H2,29,30,35). The quantitative estimate of drug-likeness (QED) is 0.255. The molecule has 11 heteroatoms. The topological polar surface area (TPSA) is 140 Å². The van der Waals surface area contributed by atoms with Gasteiger partial charge in [0.15, 0.2) is 5.65 Å². The molecule has 4 aromatic rings. The maximum atomic E-state index is 12.9. The largest absolute Gasteiger partial charge is 0.339 e. The van der Waals surface area contributed by atoms with Crippen molar-refractivity contribution < 1.29 is 14.1 Å². The Morgan fingerprint density at radius 3 is 2.86 bits per heavy atom. The Hall–Kier alpha value is -4.15. The first-order chi connectivity index (χ1) is 17.6. The van der Waals surface area contributed by atoms with Gasteiger partial charge in [-0.3, -0.25) is 4.98 Å². The number of aryl methyl sites for hydroxylation is 2. The summed E-state index contributed by atoms with van der Waals surface area (Å²) in [6.07, 6.45) is 13.1. The van der Waals surface area contributed by atoms with Gasteiger partial charge >= 0.3 is 6.03 Å². The summed E-state index contributed by atoms with van der Waals surface area (Å²) in [6, 6.07) is 3.29. The zero-order chi connectivity index (χ0) is 24.9. The van der Waals surface area contributed by atoms with Gasteiger partial charge in [0.1, 0.15) is 12.0 Å². The molecule has 0 atom stereocenters. The number of carbonyl (C=O) groups excluding carboxylic acids is 2. The maximum Gasteiger partial charge on any atom is 0.323 e. The molecular weight excluding hydrogens is 460 g/mol. The van der Waals surface area contributed by atoms with E-state index in [9.17, 15) is 9.59 Å². The van der Waals surface area contributed by atoms with Gasteiger partial charge in [-0.2, -0.15) is 10.1 Å². The molecule has 1 fully saturated rings. The minimum absolute atomic E-state index is 0.332. The normalized spacial score (nSPS) is 13.8. The highest BCUT2D eigenvalue weighted by molar-refractivity contribution is 6.00. The minimum atomic E-state index is -0.381. The highest BCUT2D eigenvalue weighted by atomic mass is 16.5. The SMILES string of the molecule is Cc1cc(NC(=O)Nc2cnc3ccnn3c2C2CCCC2)cnc1-c1noc(CCCCC=O)n1. The number of anilines is 2. The van der Waals surface area contributed by atoms with Gasteiger partial charge in [0.2, 0.25) is 11.7 Å². The van der Waals surface area contributed by atoms with Crippen LogP contribution in [0, 0.1) is 6.92 Å². The van der Waals surface area contributed by atoms with Crippen LogP contribution in [0.5, 0.6) is 0 Å². The molecule has 1 saturated carbocycles. The van der Waals surface area contributed by atoms with Crippen molar-refractivity contribution in [1.29, 1.82) is 0 Å². The molecule has 0 aromatic carbocycles. The summed E-state index contributed by atoms with van der Waals surface area (Å²) in [7, 11) is 0. The fourth-order valence-electron chi connectivity index (χ4n) is 4.70. The van der Waals surface area contributed by atoms with Crippen molar-refractivity contribution in [2.45, 2.75) is 64.2 Å². The number of unbranched alkanes of at least 4 members (excludes halogenated alkanes) is 2. The lowest BCUT2D eigenvalue weighted by Crippen LogP contribution is -2.22. The second kappa shape index (κ2) is 10.6. The third-order valence-electron chi connectivity index (χ3n) is 6.42. The van der Waals surface area contributed by atoms with Gasteiger partial charge < -0.3 is 20.0 Å². The number of urea groups is 1. The lowest BCUT2D eigenvalue weighted by molar-refractivity contribution is -0.107. The Morgan fingerprint density at radius 1 is 1.19 bits per heavy atom.